The van der Waals surface area contributed by atoms with Crippen LogP contribution in [0.25, 0.3) is 0 Å². The van der Waals surface area contributed by atoms with E-state index in [9.17, 15) is 0 Å². The Morgan fingerprint density at radius 3 is 2.00 bits per heavy atom. The highest BCUT2D eigenvalue weighted by Gasteiger charge is 2.41. The summed E-state index contributed by atoms with van der Waals surface area (Å²) in [5.74, 6) is 0. The van der Waals surface area contributed by atoms with Crippen LogP contribution in [0.1, 0.15) is 44.9 Å². The number of fused-ring (bicyclic) bond motifs is 2. The van der Waals surface area contributed by atoms with Gasteiger partial charge in [-0.1, -0.05) is 19.2 Å². The fourth-order valence-electron chi connectivity index (χ4n) is 3.71. The molecule has 3 saturated heterocycles. The minimum absolute atomic E-state index is 0.777. The van der Waals surface area contributed by atoms with E-state index in [1.54, 1.807) is 0 Å². The van der Waals surface area contributed by atoms with Crippen molar-refractivity contribution >= 4 is 12.8 Å². The van der Waals surface area contributed by atoms with Gasteiger partial charge in [-0.15, -0.1) is 0 Å². The summed E-state index contributed by atoms with van der Waals surface area (Å²) in [5.41, 5.74) is 0. The first kappa shape index (κ1) is 10.4. The fraction of sp³-hybridized carbons (Fsp3) is 1.00. The zero-order valence-corrected chi connectivity index (χ0v) is 10.3. The number of rotatable bonds is 1. The first-order valence-corrected chi connectivity index (χ1v) is 6.96. The van der Waals surface area contributed by atoms with Crippen molar-refractivity contribution < 1.29 is 0 Å². The molecule has 2 nitrogen and oxygen atoms in total. The number of hydrogen-bond donors (Lipinski definition) is 1. The van der Waals surface area contributed by atoms with Crippen LogP contribution in [0.3, 0.4) is 0 Å². The summed E-state index contributed by atoms with van der Waals surface area (Å²) in [7, 11) is 0. The second kappa shape index (κ2) is 4.27. The molecule has 2 atom stereocenters. The van der Waals surface area contributed by atoms with E-state index in [2.05, 4.69) is 22.0 Å². The van der Waals surface area contributed by atoms with Crippen LogP contribution in [0.5, 0.6) is 0 Å². The Balaban J connectivity index is 1.64. The van der Waals surface area contributed by atoms with Gasteiger partial charge in [0.25, 0.3) is 0 Å². The highest BCUT2D eigenvalue weighted by Crippen LogP contribution is 2.39. The molecule has 3 heteroatoms. The van der Waals surface area contributed by atoms with Crippen molar-refractivity contribution in [2.45, 2.75) is 63.1 Å². The van der Waals surface area contributed by atoms with Crippen molar-refractivity contribution in [3.8, 4) is 0 Å². The molecule has 86 valence electrons. The quantitative estimate of drug-likeness (QED) is 0.686. The van der Waals surface area contributed by atoms with Gasteiger partial charge < -0.3 is 4.90 Å². The summed E-state index contributed by atoms with van der Waals surface area (Å²) in [6, 6.07) is 2.43. The van der Waals surface area contributed by atoms with Crippen LogP contribution < -0.4 is 0 Å². The molecule has 0 amide bonds. The van der Waals surface area contributed by atoms with Crippen LogP contribution in [0.2, 0.25) is 0 Å². The Labute approximate surface area is 98.5 Å². The molecule has 3 fully saturated rings. The second-order valence-corrected chi connectivity index (χ2v) is 5.95. The highest BCUT2D eigenvalue weighted by molar-refractivity contribution is 7.77. The Morgan fingerprint density at radius 1 is 0.800 bits per heavy atom. The third-order valence-electron chi connectivity index (χ3n) is 4.58. The number of likely N-dealkylation sites (tertiary alicyclic amines) is 1. The van der Waals surface area contributed by atoms with E-state index in [1.165, 1.54) is 58.0 Å². The van der Waals surface area contributed by atoms with E-state index in [0.29, 0.717) is 0 Å². The lowest BCUT2D eigenvalue weighted by Gasteiger charge is -2.42. The maximum atomic E-state index is 4.63. The van der Waals surface area contributed by atoms with E-state index in [4.69, 9.17) is 0 Å². The van der Waals surface area contributed by atoms with Gasteiger partial charge in [0.05, 0.1) is 0 Å². The predicted molar refractivity (Wildman–Crippen MR) is 66.1 cm³/mol. The van der Waals surface area contributed by atoms with Crippen molar-refractivity contribution in [2.75, 3.05) is 13.1 Å². The SMILES string of the molecule is SN1C2CCC1CC(N1CCCCC1)C2. The molecule has 0 aliphatic carbocycles. The molecule has 0 aromatic carbocycles. The third kappa shape index (κ3) is 1.94. The van der Waals surface area contributed by atoms with Crippen LogP contribution in [0, 0.1) is 0 Å². The lowest BCUT2D eigenvalue weighted by atomic mass is 9.96. The monoisotopic (exact) mass is 226 g/mol. The molecule has 0 saturated carbocycles. The van der Waals surface area contributed by atoms with E-state index in [1.807, 2.05) is 0 Å². The van der Waals surface area contributed by atoms with Gasteiger partial charge >= 0.3 is 0 Å². The molecule has 3 aliphatic rings. The molecule has 3 rings (SSSR count). The number of hydrogen-bond acceptors (Lipinski definition) is 3. The molecule has 3 aliphatic heterocycles. The molecule has 3 heterocycles. The van der Waals surface area contributed by atoms with Crippen molar-refractivity contribution in [3.63, 3.8) is 0 Å². The van der Waals surface area contributed by atoms with Gasteiger partial charge in [0, 0.05) is 18.1 Å². The molecule has 0 spiro atoms. The smallest absolute Gasteiger partial charge is 0.0218 e. The van der Waals surface area contributed by atoms with Crippen LogP contribution in [-0.4, -0.2) is 40.4 Å². The highest BCUT2D eigenvalue weighted by atomic mass is 32.1. The topological polar surface area (TPSA) is 6.48 Å². The Bertz CT molecular complexity index is 214. The molecular formula is C12H22N2S. The lowest BCUT2D eigenvalue weighted by Crippen LogP contribution is -2.48. The van der Waals surface area contributed by atoms with Crippen LogP contribution in [0.15, 0.2) is 0 Å². The second-order valence-electron chi connectivity index (χ2n) is 5.49. The van der Waals surface area contributed by atoms with Crippen molar-refractivity contribution in [2.24, 2.45) is 0 Å². The summed E-state index contributed by atoms with van der Waals surface area (Å²) in [4.78, 5) is 2.76. The Hall–Kier alpha value is 0.270. The van der Waals surface area contributed by atoms with Crippen molar-refractivity contribution in [1.82, 2.24) is 9.21 Å². The van der Waals surface area contributed by atoms with E-state index >= 15 is 0 Å². The molecule has 15 heavy (non-hydrogen) atoms. The fourth-order valence-corrected chi connectivity index (χ4v) is 4.12. The predicted octanol–water partition coefficient (Wildman–Crippen LogP) is 2.31. The van der Waals surface area contributed by atoms with Gasteiger partial charge in [-0.3, -0.25) is 0 Å². The first-order valence-electron chi connectivity index (χ1n) is 6.56. The maximum Gasteiger partial charge on any atom is 0.0218 e. The van der Waals surface area contributed by atoms with E-state index in [-0.39, 0.29) is 0 Å². The molecule has 0 radical (unpaired) electrons. The summed E-state index contributed by atoms with van der Waals surface area (Å²) in [6.45, 7) is 2.72. The zero-order valence-electron chi connectivity index (χ0n) is 9.44. The molecule has 0 N–H and O–H groups in total. The standard InChI is InChI=1S/C12H22N2S/c15-14-10-4-5-11(14)9-12(8-10)13-6-2-1-3-7-13/h10-12,15H,1-9H2. The molecular weight excluding hydrogens is 204 g/mol. The minimum Gasteiger partial charge on any atom is -0.300 e. The molecule has 2 bridgehead atoms. The number of thiol groups is 1. The van der Waals surface area contributed by atoms with Gasteiger partial charge in [-0.05, 0) is 51.6 Å². The summed E-state index contributed by atoms with van der Waals surface area (Å²) >= 11 is 4.63. The molecule has 2 unspecified atom stereocenters. The normalized spacial score (nSPS) is 43.4. The number of piperidine rings is 2. The van der Waals surface area contributed by atoms with Gasteiger partial charge in [0.15, 0.2) is 0 Å². The Morgan fingerprint density at radius 2 is 1.40 bits per heavy atom. The van der Waals surface area contributed by atoms with Gasteiger partial charge in [0.2, 0.25) is 0 Å². The zero-order chi connectivity index (χ0) is 10.3. The van der Waals surface area contributed by atoms with Gasteiger partial charge in [-0.25, -0.2) is 4.31 Å². The first-order chi connectivity index (χ1) is 7.34. The minimum atomic E-state index is 0.777. The summed E-state index contributed by atoms with van der Waals surface area (Å²) in [5, 5.41) is 0. The molecule has 0 aromatic rings. The van der Waals surface area contributed by atoms with Crippen molar-refractivity contribution in [3.05, 3.63) is 0 Å². The number of nitrogens with zero attached hydrogens (tertiary/aromatic N) is 2. The Kier molecular flexibility index (Phi) is 2.97. The summed E-state index contributed by atoms with van der Waals surface area (Å²) < 4.78 is 2.35. The lowest BCUT2D eigenvalue weighted by molar-refractivity contribution is 0.0930. The maximum absolute atomic E-state index is 4.63. The van der Waals surface area contributed by atoms with Crippen LogP contribution in [0.4, 0.5) is 0 Å². The average molecular weight is 226 g/mol. The van der Waals surface area contributed by atoms with Crippen LogP contribution >= 0.6 is 12.8 Å². The summed E-state index contributed by atoms with van der Waals surface area (Å²) in [6.07, 6.45) is 9.83. The van der Waals surface area contributed by atoms with E-state index in [0.717, 1.165) is 18.1 Å². The largest absolute Gasteiger partial charge is 0.300 e. The third-order valence-corrected chi connectivity index (χ3v) is 5.23. The van der Waals surface area contributed by atoms with Gasteiger partial charge in [0.1, 0.15) is 0 Å². The van der Waals surface area contributed by atoms with Crippen molar-refractivity contribution in [1.29, 1.82) is 0 Å². The van der Waals surface area contributed by atoms with E-state index < -0.39 is 0 Å². The average Bonchev–Trinajstić information content (AvgIpc) is 2.54. The van der Waals surface area contributed by atoms with Gasteiger partial charge in [-0.2, -0.15) is 0 Å². The van der Waals surface area contributed by atoms with Crippen LogP contribution in [-0.2, 0) is 0 Å². The molecule has 0 aromatic heterocycles.